The lowest BCUT2D eigenvalue weighted by Crippen LogP contribution is -1.97. The number of hydrogen-bond acceptors (Lipinski definition) is 3. The average molecular weight is 276 g/mol. The lowest BCUT2D eigenvalue weighted by Gasteiger charge is -2.09. The molecule has 0 unspecified atom stereocenters. The largest absolute Gasteiger partial charge is 0.497 e. The van der Waals surface area contributed by atoms with Crippen LogP contribution in [-0.2, 0) is 0 Å². The summed E-state index contributed by atoms with van der Waals surface area (Å²) in [6.45, 7) is 5.63. The summed E-state index contributed by atoms with van der Waals surface area (Å²) in [6.07, 6.45) is 5.31. The number of ether oxygens (including phenoxy) is 2. The Kier molecular flexibility index (Phi) is 4.07. The van der Waals surface area contributed by atoms with Gasteiger partial charge in [-0.15, -0.1) is 0 Å². The molecule has 0 atom stereocenters. The Morgan fingerprint density at radius 1 is 1.42 bits per heavy atom. The molecule has 0 radical (unpaired) electrons. The van der Waals surface area contributed by atoms with Gasteiger partial charge in [0.1, 0.15) is 22.4 Å². The predicted molar refractivity (Wildman–Crippen MR) is 78.0 cm³/mol. The smallest absolute Gasteiger partial charge is 0.152 e. The Balaban J connectivity index is 2.58. The van der Waals surface area contributed by atoms with Gasteiger partial charge >= 0.3 is 0 Å². The van der Waals surface area contributed by atoms with Gasteiger partial charge < -0.3 is 9.47 Å². The third kappa shape index (κ3) is 2.71. The van der Waals surface area contributed by atoms with E-state index in [1.165, 1.54) is 0 Å². The van der Waals surface area contributed by atoms with Crippen molar-refractivity contribution < 1.29 is 9.47 Å². The highest BCUT2D eigenvalue weighted by Gasteiger charge is 2.17. The minimum atomic E-state index is 0.350. The number of fused-ring (bicyclic) bond motifs is 1. The lowest BCUT2D eigenvalue weighted by molar-refractivity contribution is 0.410. The fourth-order valence-electron chi connectivity index (χ4n) is 1.70. The van der Waals surface area contributed by atoms with Gasteiger partial charge in [0.25, 0.3) is 0 Å². The van der Waals surface area contributed by atoms with Gasteiger partial charge in [0.15, 0.2) is 5.76 Å². The van der Waals surface area contributed by atoms with Crippen molar-refractivity contribution in [2.24, 2.45) is 4.99 Å². The second-order valence-corrected chi connectivity index (χ2v) is 4.18. The Morgan fingerprint density at radius 2 is 2.21 bits per heavy atom. The van der Waals surface area contributed by atoms with Crippen molar-refractivity contribution in [1.29, 1.82) is 0 Å². The molecule has 0 aromatic heterocycles. The summed E-state index contributed by atoms with van der Waals surface area (Å²) in [5.74, 6) is 1.95. The van der Waals surface area contributed by atoms with E-state index in [9.17, 15) is 0 Å². The number of rotatable bonds is 3. The van der Waals surface area contributed by atoms with E-state index >= 15 is 0 Å². The zero-order valence-electron chi connectivity index (χ0n) is 10.8. The second kappa shape index (κ2) is 5.76. The maximum Gasteiger partial charge on any atom is 0.152 e. The Labute approximate surface area is 117 Å². The fraction of sp³-hybridized carbons (Fsp3) is 0.133. The van der Waals surface area contributed by atoms with Crippen LogP contribution in [0.4, 0.5) is 0 Å². The first-order chi connectivity index (χ1) is 9.19. The molecular weight excluding hydrogens is 262 g/mol. The molecule has 0 aliphatic carbocycles. The van der Waals surface area contributed by atoms with Crippen molar-refractivity contribution >= 4 is 16.8 Å². The van der Waals surface area contributed by atoms with Crippen molar-refractivity contribution in [3.05, 3.63) is 60.0 Å². The van der Waals surface area contributed by atoms with Crippen LogP contribution in [0.3, 0.4) is 0 Å². The van der Waals surface area contributed by atoms with Gasteiger partial charge in [-0.2, -0.15) is 0 Å². The zero-order valence-corrected chi connectivity index (χ0v) is 11.6. The topological polar surface area (TPSA) is 30.8 Å². The van der Waals surface area contributed by atoms with Crippen LogP contribution in [0.25, 0.3) is 0 Å². The van der Waals surface area contributed by atoms with E-state index < -0.39 is 0 Å². The molecule has 0 bridgehead atoms. The van der Waals surface area contributed by atoms with Gasteiger partial charge in [0.2, 0.25) is 0 Å². The first kappa shape index (κ1) is 13.4. The summed E-state index contributed by atoms with van der Waals surface area (Å²) < 4.78 is 11.0. The number of halogens is 1. The fourth-order valence-corrected chi connectivity index (χ4v) is 1.93. The summed E-state index contributed by atoms with van der Waals surface area (Å²) in [7, 11) is 1.60. The second-order valence-electron chi connectivity index (χ2n) is 3.82. The van der Waals surface area contributed by atoms with Gasteiger partial charge in [0, 0.05) is 0 Å². The first-order valence-corrected chi connectivity index (χ1v) is 6.17. The summed E-state index contributed by atoms with van der Waals surface area (Å²) >= 11 is 6.23. The number of nitrogens with zero attached hydrogens (tertiary/aromatic N) is 1. The summed E-state index contributed by atoms with van der Waals surface area (Å²) in [5, 5.41) is 0.350. The van der Waals surface area contributed by atoms with Gasteiger partial charge in [0.05, 0.1) is 12.7 Å². The van der Waals surface area contributed by atoms with Crippen LogP contribution in [0.2, 0.25) is 0 Å². The third-order valence-electron chi connectivity index (χ3n) is 2.61. The number of benzene rings is 1. The molecule has 0 spiro atoms. The molecule has 1 aliphatic heterocycles. The highest BCUT2D eigenvalue weighted by molar-refractivity contribution is 6.70. The normalized spacial score (nSPS) is 14.6. The standard InChI is InChI=1S/C15H14ClNO2/c1-4-6-14-12(5-2)17-15(16)11-9-10(18-3)7-8-13(11)19-14/h4-9H,2H2,1,3H3/b6-4-. The minimum absolute atomic E-state index is 0.350. The molecule has 1 aliphatic rings. The molecule has 0 saturated heterocycles. The van der Waals surface area contributed by atoms with Crippen molar-refractivity contribution in [1.82, 2.24) is 0 Å². The molecule has 2 rings (SSSR count). The van der Waals surface area contributed by atoms with Gasteiger partial charge in [-0.3, -0.25) is 0 Å². The van der Waals surface area contributed by atoms with Crippen LogP contribution in [0.1, 0.15) is 12.5 Å². The summed E-state index contributed by atoms with van der Waals surface area (Å²) in [5.41, 5.74) is 1.29. The molecule has 1 aromatic rings. The average Bonchev–Trinajstić information content (AvgIpc) is 2.56. The molecular formula is C15H14ClNO2. The van der Waals surface area contributed by atoms with E-state index in [2.05, 4.69) is 11.6 Å². The Hall–Kier alpha value is -2.00. The van der Waals surface area contributed by atoms with E-state index in [-0.39, 0.29) is 0 Å². The maximum absolute atomic E-state index is 6.23. The molecule has 1 heterocycles. The lowest BCUT2D eigenvalue weighted by atomic mass is 10.2. The van der Waals surface area contributed by atoms with Crippen LogP contribution in [-0.4, -0.2) is 12.3 Å². The number of hydrogen-bond donors (Lipinski definition) is 0. The SMILES string of the molecule is C=CC1=C(/C=C\C)Oc2ccc(OC)cc2C(Cl)=N1. The summed E-state index contributed by atoms with van der Waals surface area (Å²) in [4.78, 5) is 4.32. The molecule has 0 amide bonds. The summed E-state index contributed by atoms with van der Waals surface area (Å²) in [6, 6.07) is 5.41. The van der Waals surface area contributed by atoms with Crippen LogP contribution in [0, 0.1) is 0 Å². The van der Waals surface area contributed by atoms with Crippen molar-refractivity contribution in [3.8, 4) is 11.5 Å². The van der Waals surface area contributed by atoms with Crippen LogP contribution in [0.5, 0.6) is 11.5 Å². The van der Waals surface area contributed by atoms with Gasteiger partial charge in [-0.05, 0) is 37.3 Å². The highest BCUT2D eigenvalue weighted by atomic mass is 35.5. The van der Waals surface area contributed by atoms with E-state index in [4.69, 9.17) is 21.1 Å². The van der Waals surface area contributed by atoms with Crippen LogP contribution >= 0.6 is 11.6 Å². The third-order valence-corrected chi connectivity index (χ3v) is 2.90. The molecule has 1 aromatic carbocycles. The molecule has 0 saturated carbocycles. The van der Waals surface area contributed by atoms with Crippen molar-refractivity contribution in [3.63, 3.8) is 0 Å². The van der Waals surface area contributed by atoms with Gasteiger partial charge in [-0.25, -0.2) is 4.99 Å². The Morgan fingerprint density at radius 3 is 2.84 bits per heavy atom. The van der Waals surface area contributed by atoms with Crippen molar-refractivity contribution in [2.45, 2.75) is 6.92 Å². The van der Waals surface area contributed by atoms with E-state index in [1.54, 1.807) is 19.3 Å². The molecule has 4 heteroatoms. The Bertz CT molecular complexity index is 600. The number of methoxy groups -OCH3 is 1. The van der Waals surface area contributed by atoms with E-state index in [1.807, 2.05) is 31.2 Å². The molecule has 0 N–H and O–H groups in total. The van der Waals surface area contributed by atoms with Crippen LogP contribution < -0.4 is 9.47 Å². The molecule has 3 nitrogen and oxygen atoms in total. The van der Waals surface area contributed by atoms with Gasteiger partial charge in [-0.1, -0.05) is 24.3 Å². The van der Waals surface area contributed by atoms with E-state index in [0.717, 1.165) is 0 Å². The maximum atomic E-state index is 6.23. The van der Waals surface area contributed by atoms with E-state index in [0.29, 0.717) is 33.7 Å². The monoisotopic (exact) mass is 275 g/mol. The number of aliphatic imine (C=N–C) groups is 1. The number of allylic oxidation sites excluding steroid dienone is 3. The highest BCUT2D eigenvalue weighted by Crippen LogP contribution is 2.31. The quantitative estimate of drug-likeness (QED) is 0.833. The van der Waals surface area contributed by atoms with Crippen molar-refractivity contribution in [2.75, 3.05) is 7.11 Å². The molecule has 0 fully saturated rings. The van der Waals surface area contributed by atoms with Crippen LogP contribution in [0.15, 0.2) is 59.5 Å². The molecule has 19 heavy (non-hydrogen) atoms. The first-order valence-electron chi connectivity index (χ1n) is 5.79. The minimum Gasteiger partial charge on any atom is -0.497 e. The predicted octanol–water partition coefficient (Wildman–Crippen LogP) is 4.05. The molecule has 98 valence electrons. The zero-order chi connectivity index (χ0) is 13.8.